The van der Waals surface area contributed by atoms with Crippen LogP contribution in [-0.4, -0.2) is 18.1 Å². The fraction of sp³-hybridized carbons (Fsp3) is 0.357. The van der Waals surface area contributed by atoms with Crippen molar-refractivity contribution in [2.75, 3.05) is 5.73 Å². The number of hydrogen-bond donors (Lipinski definition) is 1. The zero-order chi connectivity index (χ0) is 14.3. The predicted molar refractivity (Wildman–Crippen MR) is 78.5 cm³/mol. The third kappa shape index (κ3) is 2.56. The lowest BCUT2D eigenvalue weighted by Crippen LogP contribution is -2.29. The Morgan fingerprint density at radius 2 is 1.89 bits per heavy atom. The minimum absolute atomic E-state index is 0.0235. The van der Waals surface area contributed by atoms with Crippen LogP contribution in [0.3, 0.4) is 0 Å². The molecule has 102 valence electrons. The zero-order valence-electron chi connectivity index (χ0n) is 11.3. The summed E-state index contributed by atoms with van der Waals surface area (Å²) >= 11 is 0. The number of nitrogens with zero attached hydrogens (tertiary/aromatic N) is 1. The highest BCUT2D eigenvalue weighted by molar-refractivity contribution is 7.92. The first kappa shape index (κ1) is 13.8. The molecule has 0 aliphatic heterocycles. The van der Waals surface area contributed by atoms with Gasteiger partial charge in [0.15, 0.2) is 9.84 Å². The van der Waals surface area contributed by atoms with Gasteiger partial charge in [-0.15, -0.1) is 0 Å². The number of fused-ring (bicyclic) bond motifs is 1. The van der Waals surface area contributed by atoms with E-state index in [4.69, 9.17) is 5.73 Å². The van der Waals surface area contributed by atoms with Gasteiger partial charge in [0.2, 0.25) is 0 Å². The number of aromatic nitrogens is 1. The third-order valence-corrected chi connectivity index (χ3v) is 5.72. The second-order valence-electron chi connectivity index (χ2n) is 5.58. The number of anilines is 1. The summed E-state index contributed by atoms with van der Waals surface area (Å²) in [6.45, 7) is 5.11. The van der Waals surface area contributed by atoms with E-state index in [1.807, 2.05) is 6.07 Å². The Bertz CT molecular complexity index is 716. The van der Waals surface area contributed by atoms with Gasteiger partial charge in [0.05, 0.1) is 16.0 Å². The number of pyridine rings is 1. The summed E-state index contributed by atoms with van der Waals surface area (Å²) in [7, 11) is -3.24. The van der Waals surface area contributed by atoms with E-state index >= 15 is 0 Å². The Morgan fingerprint density at radius 3 is 2.53 bits per heavy atom. The van der Waals surface area contributed by atoms with E-state index in [9.17, 15) is 8.42 Å². The molecule has 0 atom stereocenters. The molecule has 2 rings (SSSR count). The zero-order valence-corrected chi connectivity index (χ0v) is 12.2. The number of rotatable bonds is 2. The van der Waals surface area contributed by atoms with Crippen molar-refractivity contribution in [2.45, 2.75) is 31.3 Å². The quantitative estimate of drug-likeness (QED) is 0.857. The topological polar surface area (TPSA) is 73.0 Å². The van der Waals surface area contributed by atoms with Crippen LogP contribution in [0.25, 0.3) is 10.9 Å². The molecule has 2 N–H and O–H groups in total. The van der Waals surface area contributed by atoms with Crippen molar-refractivity contribution in [2.24, 2.45) is 0 Å². The molecule has 1 heterocycles. The normalized spacial score (nSPS) is 12.8. The van der Waals surface area contributed by atoms with Crippen molar-refractivity contribution in [3.05, 3.63) is 36.0 Å². The minimum Gasteiger partial charge on any atom is -0.398 e. The highest BCUT2D eigenvalue weighted by Crippen LogP contribution is 2.27. The van der Waals surface area contributed by atoms with Crippen LogP contribution < -0.4 is 5.73 Å². The van der Waals surface area contributed by atoms with E-state index in [2.05, 4.69) is 4.98 Å². The molecule has 1 aromatic heterocycles. The molecular weight excluding hydrogens is 260 g/mol. The predicted octanol–water partition coefficient (Wildman–Crippen LogP) is 2.53. The SMILES string of the molecule is CC(C)(C)S(=O)(=O)Cc1ccc(N)c2cccnc12. The van der Waals surface area contributed by atoms with E-state index in [0.717, 1.165) is 5.39 Å². The first-order valence-electron chi connectivity index (χ1n) is 6.07. The summed E-state index contributed by atoms with van der Waals surface area (Å²) in [6, 6.07) is 7.12. The van der Waals surface area contributed by atoms with Crippen molar-refractivity contribution >= 4 is 26.4 Å². The summed E-state index contributed by atoms with van der Waals surface area (Å²) in [5.41, 5.74) is 7.85. The van der Waals surface area contributed by atoms with E-state index in [0.29, 0.717) is 16.8 Å². The smallest absolute Gasteiger partial charge is 0.159 e. The minimum atomic E-state index is -3.24. The Kier molecular flexibility index (Phi) is 3.26. The van der Waals surface area contributed by atoms with Crippen LogP contribution in [-0.2, 0) is 15.6 Å². The molecule has 0 radical (unpaired) electrons. The first-order chi connectivity index (χ1) is 8.72. The molecule has 0 unspecified atom stereocenters. The van der Waals surface area contributed by atoms with Gasteiger partial charge in [-0.2, -0.15) is 0 Å². The lowest BCUT2D eigenvalue weighted by Gasteiger charge is -2.19. The van der Waals surface area contributed by atoms with E-state index in [1.165, 1.54) is 0 Å². The van der Waals surface area contributed by atoms with E-state index in [-0.39, 0.29) is 5.75 Å². The molecule has 4 nitrogen and oxygen atoms in total. The van der Waals surface area contributed by atoms with Crippen molar-refractivity contribution in [1.29, 1.82) is 0 Å². The van der Waals surface area contributed by atoms with Gasteiger partial charge in [0.1, 0.15) is 0 Å². The molecule has 5 heteroatoms. The molecule has 2 aromatic rings. The molecule has 0 amide bonds. The van der Waals surface area contributed by atoms with Gasteiger partial charge in [0, 0.05) is 17.3 Å². The van der Waals surface area contributed by atoms with Crippen molar-refractivity contribution in [3.63, 3.8) is 0 Å². The van der Waals surface area contributed by atoms with Crippen LogP contribution in [0.1, 0.15) is 26.3 Å². The Hall–Kier alpha value is -1.62. The maximum atomic E-state index is 12.3. The fourth-order valence-electron chi connectivity index (χ4n) is 1.79. The Balaban J connectivity index is 2.57. The van der Waals surface area contributed by atoms with Gasteiger partial charge < -0.3 is 5.73 Å². The lowest BCUT2D eigenvalue weighted by atomic mass is 10.1. The lowest BCUT2D eigenvalue weighted by molar-refractivity contribution is 0.559. The van der Waals surface area contributed by atoms with Gasteiger partial charge in [-0.1, -0.05) is 6.07 Å². The van der Waals surface area contributed by atoms with Crippen LogP contribution in [0.4, 0.5) is 5.69 Å². The average Bonchev–Trinajstić information content (AvgIpc) is 2.32. The second kappa shape index (κ2) is 4.49. The number of nitrogens with two attached hydrogens (primary N) is 1. The van der Waals surface area contributed by atoms with Gasteiger partial charge >= 0.3 is 0 Å². The molecule has 0 spiro atoms. The van der Waals surface area contributed by atoms with Gasteiger partial charge in [-0.3, -0.25) is 4.98 Å². The van der Waals surface area contributed by atoms with Gasteiger partial charge in [-0.25, -0.2) is 8.42 Å². The number of benzene rings is 1. The summed E-state index contributed by atoms with van der Waals surface area (Å²) < 4.78 is 23.8. The number of nitrogen functional groups attached to an aromatic ring is 1. The van der Waals surface area contributed by atoms with Gasteiger partial charge in [0.25, 0.3) is 0 Å². The van der Waals surface area contributed by atoms with E-state index < -0.39 is 14.6 Å². The van der Waals surface area contributed by atoms with Gasteiger partial charge in [-0.05, 0) is 44.5 Å². The molecule has 0 aliphatic rings. The van der Waals surface area contributed by atoms with Crippen LogP contribution in [0.2, 0.25) is 0 Å². The fourth-order valence-corrected chi connectivity index (χ4v) is 2.87. The molecule has 0 saturated heterocycles. The van der Waals surface area contributed by atoms with E-state index in [1.54, 1.807) is 45.2 Å². The van der Waals surface area contributed by atoms with Crippen molar-refractivity contribution in [1.82, 2.24) is 4.98 Å². The van der Waals surface area contributed by atoms with Crippen LogP contribution >= 0.6 is 0 Å². The summed E-state index contributed by atoms with van der Waals surface area (Å²) in [5.74, 6) is -0.0235. The van der Waals surface area contributed by atoms with Crippen LogP contribution in [0, 0.1) is 0 Å². The van der Waals surface area contributed by atoms with Crippen LogP contribution in [0.5, 0.6) is 0 Å². The Morgan fingerprint density at radius 1 is 1.21 bits per heavy atom. The molecular formula is C14H18N2O2S. The molecule has 0 saturated carbocycles. The molecule has 19 heavy (non-hydrogen) atoms. The maximum Gasteiger partial charge on any atom is 0.159 e. The van der Waals surface area contributed by atoms with Crippen LogP contribution in [0.15, 0.2) is 30.5 Å². The molecule has 0 fully saturated rings. The highest BCUT2D eigenvalue weighted by atomic mass is 32.2. The number of hydrogen-bond acceptors (Lipinski definition) is 4. The molecule has 0 aliphatic carbocycles. The summed E-state index contributed by atoms with van der Waals surface area (Å²) in [5, 5.41) is 0.795. The third-order valence-electron chi connectivity index (χ3n) is 3.17. The maximum absolute atomic E-state index is 12.3. The average molecular weight is 278 g/mol. The second-order valence-corrected chi connectivity index (χ2v) is 8.33. The number of sulfone groups is 1. The van der Waals surface area contributed by atoms with Crippen molar-refractivity contribution < 1.29 is 8.42 Å². The standard InChI is InChI=1S/C14H18N2O2S/c1-14(2,3)19(17,18)9-10-6-7-12(15)11-5-4-8-16-13(10)11/h4-8H,9,15H2,1-3H3. The molecule has 0 bridgehead atoms. The summed E-state index contributed by atoms with van der Waals surface area (Å²) in [6.07, 6.45) is 1.65. The highest BCUT2D eigenvalue weighted by Gasteiger charge is 2.29. The largest absolute Gasteiger partial charge is 0.398 e. The first-order valence-corrected chi connectivity index (χ1v) is 7.72. The summed E-state index contributed by atoms with van der Waals surface area (Å²) in [4.78, 5) is 4.26. The monoisotopic (exact) mass is 278 g/mol. The molecule has 1 aromatic carbocycles. The Labute approximate surface area is 113 Å². The van der Waals surface area contributed by atoms with Crippen molar-refractivity contribution in [3.8, 4) is 0 Å².